The van der Waals surface area contributed by atoms with Crippen LogP contribution in [0.3, 0.4) is 0 Å². The minimum Gasteiger partial charge on any atom is -0.497 e. The fraction of sp³-hybridized carbons (Fsp3) is 0.160. The Morgan fingerprint density at radius 3 is 2.35 bits per heavy atom. The molecule has 156 valence electrons. The number of aromatic nitrogens is 3. The Morgan fingerprint density at radius 1 is 1.03 bits per heavy atom. The molecular formula is C25H24N4O2. The molecule has 1 amide bonds. The van der Waals surface area contributed by atoms with Crippen molar-refractivity contribution in [2.75, 3.05) is 12.4 Å². The van der Waals surface area contributed by atoms with Crippen molar-refractivity contribution in [3.05, 3.63) is 83.4 Å². The minimum absolute atomic E-state index is 0.208. The van der Waals surface area contributed by atoms with Gasteiger partial charge < -0.3 is 10.1 Å². The number of hydrogen-bond donors (Lipinski definition) is 1. The number of carbonyl (C=O) groups excluding carboxylic acids is 1. The van der Waals surface area contributed by atoms with Gasteiger partial charge in [-0.1, -0.05) is 31.2 Å². The van der Waals surface area contributed by atoms with E-state index in [1.807, 2.05) is 55.5 Å². The molecule has 4 aromatic rings. The lowest BCUT2D eigenvalue weighted by molar-refractivity contribution is -0.111. The first-order valence-corrected chi connectivity index (χ1v) is 10.2. The van der Waals surface area contributed by atoms with Gasteiger partial charge in [0.2, 0.25) is 5.91 Å². The number of methoxy groups -OCH3 is 1. The van der Waals surface area contributed by atoms with Crippen LogP contribution in [0.5, 0.6) is 5.75 Å². The predicted molar refractivity (Wildman–Crippen MR) is 124 cm³/mol. The number of amides is 1. The molecule has 0 spiro atoms. The van der Waals surface area contributed by atoms with Gasteiger partial charge in [0.1, 0.15) is 16.8 Å². The molecule has 0 radical (unpaired) electrons. The summed E-state index contributed by atoms with van der Waals surface area (Å²) in [6, 6.07) is 19.5. The van der Waals surface area contributed by atoms with Crippen LogP contribution in [0.15, 0.2) is 66.7 Å². The van der Waals surface area contributed by atoms with Crippen LogP contribution in [0.4, 0.5) is 5.69 Å². The molecule has 0 atom stereocenters. The Kier molecular flexibility index (Phi) is 5.80. The lowest BCUT2D eigenvalue weighted by atomic mass is 10.1. The molecule has 0 fully saturated rings. The van der Waals surface area contributed by atoms with Crippen LogP contribution in [0, 0.1) is 6.92 Å². The van der Waals surface area contributed by atoms with Crippen LogP contribution >= 0.6 is 0 Å². The molecular weight excluding hydrogens is 388 g/mol. The highest BCUT2D eigenvalue weighted by Crippen LogP contribution is 2.22. The van der Waals surface area contributed by atoms with E-state index in [9.17, 15) is 4.79 Å². The number of carbonyl (C=O) groups is 1. The highest BCUT2D eigenvalue weighted by molar-refractivity contribution is 6.03. The average Bonchev–Trinajstić information content (AvgIpc) is 3.21. The number of fused-ring (bicyclic) bond motifs is 1. The van der Waals surface area contributed by atoms with Crippen molar-refractivity contribution in [2.45, 2.75) is 20.3 Å². The Hall–Kier alpha value is -3.93. The second kappa shape index (κ2) is 8.83. The maximum atomic E-state index is 12.4. The van der Waals surface area contributed by atoms with Gasteiger partial charge in [-0.3, -0.25) is 4.79 Å². The fourth-order valence-corrected chi connectivity index (χ4v) is 3.24. The zero-order valence-corrected chi connectivity index (χ0v) is 17.8. The van der Waals surface area contributed by atoms with Crippen molar-refractivity contribution < 1.29 is 9.53 Å². The first-order chi connectivity index (χ1) is 15.1. The zero-order chi connectivity index (χ0) is 21.8. The van der Waals surface area contributed by atoms with Crippen LogP contribution in [-0.4, -0.2) is 28.0 Å². The Morgan fingerprint density at radius 2 is 1.71 bits per heavy atom. The third-order valence-corrected chi connectivity index (χ3v) is 5.10. The van der Waals surface area contributed by atoms with E-state index in [1.54, 1.807) is 18.0 Å². The summed E-state index contributed by atoms with van der Waals surface area (Å²) in [4.78, 5) is 14.0. The van der Waals surface area contributed by atoms with Crippen LogP contribution < -0.4 is 10.1 Å². The Labute approximate surface area is 181 Å². The Bertz CT molecular complexity index is 1240. The molecule has 31 heavy (non-hydrogen) atoms. The molecule has 0 saturated carbocycles. The van der Waals surface area contributed by atoms with Crippen molar-refractivity contribution in [3.8, 4) is 11.4 Å². The predicted octanol–water partition coefficient (Wildman–Crippen LogP) is 4.95. The van der Waals surface area contributed by atoms with Gasteiger partial charge in [0, 0.05) is 11.8 Å². The molecule has 1 N–H and O–H groups in total. The summed E-state index contributed by atoms with van der Waals surface area (Å²) in [6.07, 6.45) is 4.26. The smallest absolute Gasteiger partial charge is 0.248 e. The van der Waals surface area contributed by atoms with E-state index in [0.717, 1.165) is 40.0 Å². The van der Waals surface area contributed by atoms with Crippen molar-refractivity contribution in [1.29, 1.82) is 0 Å². The highest BCUT2D eigenvalue weighted by atomic mass is 16.5. The van der Waals surface area contributed by atoms with Gasteiger partial charge in [-0.15, -0.1) is 10.2 Å². The lowest BCUT2D eigenvalue weighted by Gasteiger charge is -2.05. The molecule has 1 heterocycles. The van der Waals surface area contributed by atoms with E-state index >= 15 is 0 Å². The number of hydrogen-bond acceptors (Lipinski definition) is 4. The molecule has 0 saturated heterocycles. The number of nitrogens with zero attached hydrogens (tertiary/aromatic N) is 3. The van der Waals surface area contributed by atoms with Crippen LogP contribution in [0.2, 0.25) is 0 Å². The summed E-state index contributed by atoms with van der Waals surface area (Å²) in [7, 11) is 1.62. The number of aryl methyl sites for hydroxylation is 2. The van der Waals surface area contributed by atoms with Crippen LogP contribution in [0.25, 0.3) is 22.8 Å². The SMILES string of the molecule is CCc1ccc(-n2nc3cc(C)c(NC(=O)/C=C/c4ccc(OC)cc4)cc3n2)cc1. The third-order valence-electron chi connectivity index (χ3n) is 5.10. The topological polar surface area (TPSA) is 69.0 Å². The van der Waals surface area contributed by atoms with E-state index in [1.165, 1.54) is 11.6 Å². The molecule has 6 nitrogen and oxygen atoms in total. The summed E-state index contributed by atoms with van der Waals surface area (Å²) >= 11 is 0. The second-order valence-electron chi connectivity index (χ2n) is 7.26. The van der Waals surface area contributed by atoms with E-state index in [-0.39, 0.29) is 5.91 Å². The van der Waals surface area contributed by atoms with Crippen molar-refractivity contribution >= 4 is 28.7 Å². The summed E-state index contributed by atoms with van der Waals surface area (Å²) in [5.74, 6) is 0.570. The summed E-state index contributed by atoms with van der Waals surface area (Å²) < 4.78 is 5.15. The van der Waals surface area contributed by atoms with Gasteiger partial charge in [-0.25, -0.2) is 0 Å². The molecule has 0 aliphatic rings. The minimum atomic E-state index is -0.208. The molecule has 0 aliphatic carbocycles. The second-order valence-corrected chi connectivity index (χ2v) is 7.26. The maximum absolute atomic E-state index is 12.4. The summed E-state index contributed by atoms with van der Waals surface area (Å²) in [5, 5.41) is 12.1. The molecule has 0 bridgehead atoms. The fourth-order valence-electron chi connectivity index (χ4n) is 3.24. The number of rotatable bonds is 6. The van der Waals surface area contributed by atoms with Crippen molar-refractivity contribution in [2.24, 2.45) is 0 Å². The van der Waals surface area contributed by atoms with Gasteiger partial charge in [0.05, 0.1) is 12.8 Å². The summed E-state index contributed by atoms with van der Waals surface area (Å²) in [5.41, 5.74) is 6.23. The number of anilines is 1. The third kappa shape index (κ3) is 4.64. The zero-order valence-electron chi connectivity index (χ0n) is 17.8. The van der Waals surface area contributed by atoms with E-state index in [0.29, 0.717) is 5.69 Å². The van der Waals surface area contributed by atoms with Crippen molar-refractivity contribution in [3.63, 3.8) is 0 Å². The molecule has 0 unspecified atom stereocenters. The van der Waals surface area contributed by atoms with E-state index in [4.69, 9.17) is 4.74 Å². The van der Waals surface area contributed by atoms with Gasteiger partial charge >= 0.3 is 0 Å². The number of ether oxygens (including phenoxy) is 1. The van der Waals surface area contributed by atoms with Crippen LogP contribution in [0.1, 0.15) is 23.6 Å². The van der Waals surface area contributed by atoms with E-state index in [2.05, 4.69) is 34.6 Å². The maximum Gasteiger partial charge on any atom is 0.248 e. The Balaban J connectivity index is 1.52. The lowest BCUT2D eigenvalue weighted by Crippen LogP contribution is -2.08. The van der Waals surface area contributed by atoms with Crippen LogP contribution in [-0.2, 0) is 11.2 Å². The van der Waals surface area contributed by atoms with Gasteiger partial charge in [-0.05, 0) is 72.5 Å². The van der Waals surface area contributed by atoms with Gasteiger partial charge in [-0.2, -0.15) is 4.80 Å². The first kappa shape index (κ1) is 20.3. The standard InChI is InChI=1S/C25H24N4O2/c1-4-18-5-10-20(11-6-18)29-27-23-15-17(2)22(16-24(23)28-29)26-25(30)14-9-19-7-12-21(31-3)13-8-19/h5-16H,4H2,1-3H3,(H,26,30)/b14-9+. The molecule has 6 heteroatoms. The van der Waals surface area contributed by atoms with Crippen molar-refractivity contribution in [1.82, 2.24) is 15.0 Å². The quantitative estimate of drug-likeness (QED) is 0.455. The largest absolute Gasteiger partial charge is 0.497 e. The monoisotopic (exact) mass is 412 g/mol. The van der Waals surface area contributed by atoms with E-state index < -0.39 is 0 Å². The van der Waals surface area contributed by atoms with Gasteiger partial charge in [0.25, 0.3) is 0 Å². The normalized spacial score (nSPS) is 11.2. The number of benzene rings is 3. The summed E-state index contributed by atoms with van der Waals surface area (Å²) in [6.45, 7) is 4.07. The molecule has 0 aliphatic heterocycles. The number of nitrogens with one attached hydrogen (secondary N) is 1. The molecule has 3 aromatic carbocycles. The molecule has 1 aromatic heterocycles. The van der Waals surface area contributed by atoms with Gasteiger partial charge in [0.15, 0.2) is 0 Å². The first-order valence-electron chi connectivity index (χ1n) is 10.2. The average molecular weight is 412 g/mol. The highest BCUT2D eigenvalue weighted by Gasteiger charge is 2.10. The molecule has 4 rings (SSSR count).